The van der Waals surface area contributed by atoms with Crippen molar-refractivity contribution in [2.75, 3.05) is 0 Å². The summed E-state index contributed by atoms with van der Waals surface area (Å²) in [6, 6.07) is 8.05. The minimum absolute atomic E-state index is 0.0137. The molecule has 2 aliphatic rings. The van der Waals surface area contributed by atoms with E-state index in [1.807, 2.05) is 18.2 Å². The lowest BCUT2D eigenvalue weighted by Gasteiger charge is -2.25. The van der Waals surface area contributed by atoms with Crippen LogP contribution in [0.5, 0.6) is 5.75 Å². The third-order valence-corrected chi connectivity index (χ3v) is 6.15. The summed E-state index contributed by atoms with van der Waals surface area (Å²) in [5.74, 6) is 1.54. The summed E-state index contributed by atoms with van der Waals surface area (Å²) in [5.41, 5.74) is 9.71. The Bertz CT molecular complexity index is 1640. The number of hydrogen-bond donors (Lipinski definition) is 4. The number of fused-ring (bicyclic) bond motifs is 2. The van der Waals surface area contributed by atoms with Crippen LogP contribution in [0.2, 0.25) is 0 Å². The van der Waals surface area contributed by atoms with Crippen molar-refractivity contribution >= 4 is 27.9 Å². The second-order valence-corrected chi connectivity index (χ2v) is 8.74. The smallest absolute Gasteiger partial charge is 0.183 e. The fourth-order valence-corrected chi connectivity index (χ4v) is 4.43. The molecule has 0 radical (unpaired) electrons. The van der Waals surface area contributed by atoms with E-state index >= 15 is 0 Å². The van der Waals surface area contributed by atoms with Crippen molar-refractivity contribution in [3.05, 3.63) is 102 Å². The number of amidine groups is 1. The number of nitrogens with two attached hydrogens (primary N) is 1. The van der Waals surface area contributed by atoms with E-state index in [0.29, 0.717) is 40.4 Å². The molecule has 0 saturated heterocycles. The molecule has 1 atom stereocenters. The summed E-state index contributed by atoms with van der Waals surface area (Å²) in [6.45, 7) is 0. The van der Waals surface area contributed by atoms with Gasteiger partial charge in [0.2, 0.25) is 0 Å². The molecule has 2 aromatic heterocycles. The van der Waals surface area contributed by atoms with Crippen LogP contribution in [-0.4, -0.2) is 31.9 Å². The van der Waals surface area contributed by atoms with Crippen LogP contribution in [0.15, 0.2) is 78.7 Å². The van der Waals surface area contributed by atoms with Gasteiger partial charge in [-0.3, -0.25) is 5.41 Å². The second-order valence-electron chi connectivity index (χ2n) is 8.74. The molecule has 5 N–H and O–H groups in total. The van der Waals surface area contributed by atoms with Gasteiger partial charge in [0.05, 0.1) is 23.0 Å². The van der Waals surface area contributed by atoms with Crippen molar-refractivity contribution in [3.8, 4) is 5.75 Å². The highest BCUT2D eigenvalue weighted by Crippen LogP contribution is 2.32. The fourth-order valence-electron chi connectivity index (χ4n) is 4.43. The van der Waals surface area contributed by atoms with E-state index in [-0.39, 0.29) is 11.6 Å². The lowest BCUT2D eigenvalue weighted by Crippen LogP contribution is -2.25. The van der Waals surface area contributed by atoms with Crippen molar-refractivity contribution in [2.45, 2.75) is 25.4 Å². The number of allylic oxidation sites excluding steroid dienone is 3. The minimum Gasteiger partial charge on any atom is -0.475 e. The van der Waals surface area contributed by atoms with Gasteiger partial charge in [0.1, 0.15) is 47.6 Å². The van der Waals surface area contributed by atoms with Gasteiger partial charge < -0.3 is 29.9 Å². The fraction of sp³-hybridized carbons (Fsp3) is 0.148. The maximum absolute atomic E-state index is 14.6. The number of halogens is 1. The Morgan fingerprint density at radius 3 is 2.78 bits per heavy atom. The normalized spacial score (nSPS) is 15.7. The van der Waals surface area contributed by atoms with Gasteiger partial charge in [0, 0.05) is 11.6 Å². The highest BCUT2D eigenvalue weighted by Gasteiger charge is 2.26. The van der Waals surface area contributed by atoms with Crippen LogP contribution in [0.25, 0.3) is 22.1 Å². The van der Waals surface area contributed by atoms with E-state index in [9.17, 15) is 4.39 Å². The molecule has 3 heterocycles. The van der Waals surface area contributed by atoms with Crippen molar-refractivity contribution in [1.29, 1.82) is 5.41 Å². The van der Waals surface area contributed by atoms with Gasteiger partial charge in [-0.2, -0.15) is 0 Å². The van der Waals surface area contributed by atoms with Crippen LogP contribution >= 0.6 is 0 Å². The summed E-state index contributed by atoms with van der Waals surface area (Å²) in [7, 11) is 0. The van der Waals surface area contributed by atoms with Gasteiger partial charge in [-0.1, -0.05) is 18.2 Å². The Morgan fingerprint density at radius 1 is 1.14 bits per heavy atom. The zero-order valence-electron chi connectivity index (χ0n) is 19.6. The van der Waals surface area contributed by atoms with E-state index in [1.165, 1.54) is 30.9 Å². The summed E-state index contributed by atoms with van der Waals surface area (Å²) in [5, 5.41) is 7.63. The zero-order valence-corrected chi connectivity index (χ0v) is 19.6. The van der Waals surface area contributed by atoms with Crippen LogP contribution < -0.4 is 10.5 Å². The number of H-pyrrole nitrogens is 2. The predicted octanol–water partition coefficient (Wildman–Crippen LogP) is 4.84. The van der Waals surface area contributed by atoms with E-state index in [4.69, 9.17) is 30.3 Å². The summed E-state index contributed by atoms with van der Waals surface area (Å²) in [4.78, 5) is 15.7. The maximum Gasteiger partial charge on any atom is 0.183 e. The lowest BCUT2D eigenvalue weighted by molar-refractivity contribution is 0.160. The molecule has 0 bridgehead atoms. The third kappa shape index (κ3) is 4.56. The topological polar surface area (TPSA) is 135 Å². The molecule has 9 nitrogen and oxygen atoms in total. The average molecular weight is 499 g/mol. The van der Waals surface area contributed by atoms with Crippen LogP contribution in [0.4, 0.5) is 4.39 Å². The average Bonchev–Trinajstić information content (AvgIpc) is 3.50. The van der Waals surface area contributed by atoms with Crippen molar-refractivity contribution in [3.63, 3.8) is 0 Å². The minimum atomic E-state index is -0.606. The van der Waals surface area contributed by atoms with Gasteiger partial charge in [0.15, 0.2) is 17.6 Å². The van der Waals surface area contributed by atoms with Crippen LogP contribution in [0.1, 0.15) is 30.1 Å². The van der Waals surface area contributed by atoms with E-state index < -0.39 is 11.9 Å². The van der Waals surface area contributed by atoms with E-state index in [1.54, 1.807) is 12.1 Å². The van der Waals surface area contributed by atoms with Gasteiger partial charge in [-0.15, -0.1) is 0 Å². The molecule has 37 heavy (non-hydrogen) atoms. The Hall–Kier alpha value is -4.86. The number of ether oxygens (including phenoxy) is 3. The number of imidazole rings is 2. The molecule has 0 amide bonds. The van der Waals surface area contributed by atoms with Crippen LogP contribution in [0, 0.1) is 11.2 Å². The summed E-state index contributed by atoms with van der Waals surface area (Å²) < 4.78 is 31.9. The lowest BCUT2D eigenvalue weighted by atomic mass is 9.98. The predicted molar refractivity (Wildman–Crippen MR) is 136 cm³/mol. The number of aromatic nitrogens is 4. The van der Waals surface area contributed by atoms with Crippen LogP contribution in [-0.2, 0) is 15.9 Å². The molecule has 1 aliphatic heterocycles. The van der Waals surface area contributed by atoms with E-state index in [2.05, 4.69) is 21.0 Å². The first kappa shape index (κ1) is 22.6. The number of aromatic amines is 2. The standard InChI is InChI=1S/C27H23FN6O3/c28-17-11-20-25(21(12-17)37-26(15-4-2-1-3-5-15)22-14-35-8-9-36-22)34-24(33-20)13-23-31-18-7-6-16(27(29)30)10-19(18)32-23/h1-2,4,6-12,14,26H,3,5,13H2,(H3,29,30)(H,31,32)(H,33,34). The zero-order chi connectivity index (χ0) is 25.4. The summed E-state index contributed by atoms with van der Waals surface area (Å²) >= 11 is 0. The highest BCUT2D eigenvalue weighted by molar-refractivity contribution is 5.97. The number of hydrogen-bond acceptors (Lipinski definition) is 6. The van der Waals surface area contributed by atoms with Crippen molar-refractivity contribution in [1.82, 2.24) is 19.9 Å². The molecule has 4 aromatic rings. The number of nitrogen functional groups attached to an aromatic ring is 1. The number of rotatable bonds is 7. The molecule has 0 saturated carbocycles. The number of benzene rings is 2. The Balaban J connectivity index is 1.33. The number of nitrogens with one attached hydrogen (secondary N) is 3. The quantitative estimate of drug-likeness (QED) is 0.213. The molecule has 10 heteroatoms. The van der Waals surface area contributed by atoms with Gasteiger partial charge in [-0.05, 0) is 42.7 Å². The highest BCUT2D eigenvalue weighted by atomic mass is 19.1. The molecule has 6 rings (SSSR count). The first-order chi connectivity index (χ1) is 18.0. The molecule has 186 valence electrons. The first-order valence-corrected chi connectivity index (χ1v) is 11.7. The third-order valence-electron chi connectivity index (χ3n) is 6.15. The van der Waals surface area contributed by atoms with Crippen LogP contribution in [0.3, 0.4) is 0 Å². The first-order valence-electron chi connectivity index (χ1n) is 11.7. The molecular weight excluding hydrogens is 475 g/mol. The summed E-state index contributed by atoms with van der Waals surface area (Å²) in [6.07, 6.45) is 11.7. The van der Waals surface area contributed by atoms with E-state index in [0.717, 1.165) is 29.4 Å². The Morgan fingerprint density at radius 2 is 2.00 bits per heavy atom. The monoisotopic (exact) mass is 498 g/mol. The van der Waals surface area contributed by atoms with Gasteiger partial charge >= 0.3 is 0 Å². The molecular formula is C27H23FN6O3. The molecule has 2 aromatic carbocycles. The molecule has 1 aliphatic carbocycles. The Labute approximate surface area is 210 Å². The molecule has 0 spiro atoms. The van der Waals surface area contributed by atoms with Crippen molar-refractivity contribution in [2.24, 2.45) is 5.73 Å². The SMILES string of the molecule is N=C(N)c1ccc2nc(Cc3nc4c(OC(C5=CC=CCC5)C5=COC=CO5)cc(F)cc4[nH]3)[nH]c2c1. The largest absolute Gasteiger partial charge is 0.475 e. The molecule has 0 fully saturated rings. The van der Waals surface area contributed by atoms with Crippen molar-refractivity contribution < 1.29 is 18.6 Å². The maximum atomic E-state index is 14.6. The Kier molecular flexibility index (Phi) is 5.68. The molecule has 1 unspecified atom stereocenters. The second kappa shape index (κ2) is 9.30. The van der Waals surface area contributed by atoms with Gasteiger partial charge in [-0.25, -0.2) is 14.4 Å². The number of nitrogens with zero attached hydrogens (tertiary/aromatic N) is 2. The van der Waals surface area contributed by atoms with Gasteiger partial charge in [0.25, 0.3) is 0 Å².